The van der Waals surface area contributed by atoms with Gasteiger partial charge in [0.15, 0.2) is 11.6 Å². The Hall–Kier alpha value is -2.83. The third-order valence-corrected chi connectivity index (χ3v) is 3.04. The van der Waals surface area contributed by atoms with Gasteiger partial charge in [0, 0.05) is 24.6 Å². The van der Waals surface area contributed by atoms with Crippen LogP contribution in [0.3, 0.4) is 0 Å². The van der Waals surface area contributed by atoms with Crippen molar-refractivity contribution in [1.29, 1.82) is 0 Å². The normalized spacial score (nSPS) is 10.3. The van der Waals surface area contributed by atoms with Gasteiger partial charge >= 0.3 is 0 Å². The van der Waals surface area contributed by atoms with Crippen molar-refractivity contribution < 1.29 is 22.8 Å². The maximum Gasteiger partial charge on any atom is 0.255 e. The number of rotatable bonds is 3. The van der Waals surface area contributed by atoms with Crippen molar-refractivity contribution in [2.24, 2.45) is 0 Å². The molecule has 4 nitrogen and oxygen atoms in total. The van der Waals surface area contributed by atoms with Crippen LogP contribution in [0.1, 0.15) is 22.8 Å². The average molecular weight is 322 g/mol. The lowest BCUT2D eigenvalue weighted by Crippen LogP contribution is -2.16. The zero-order valence-corrected chi connectivity index (χ0v) is 12.3. The quantitative estimate of drug-likeness (QED) is 0.907. The summed E-state index contributed by atoms with van der Waals surface area (Å²) < 4.78 is 39.9. The molecule has 0 atom stereocenters. The van der Waals surface area contributed by atoms with E-state index in [0.717, 1.165) is 18.2 Å². The maximum absolute atomic E-state index is 13.4. The third kappa shape index (κ3) is 3.88. The smallest absolute Gasteiger partial charge is 0.255 e. The summed E-state index contributed by atoms with van der Waals surface area (Å²) in [7, 11) is 0. The zero-order valence-electron chi connectivity index (χ0n) is 12.3. The molecule has 0 unspecified atom stereocenters. The lowest BCUT2D eigenvalue weighted by atomic mass is 10.1. The molecule has 0 aliphatic rings. The summed E-state index contributed by atoms with van der Waals surface area (Å²) in [5.41, 5.74) is 0.224. The van der Waals surface area contributed by atoms with Gasteiger partial charge in [0.05, 0.1) is 11.4 Å². The number of halogens is 3. The molecule has 0 saturated carbocycles. The van der Waals surface area contributed by atoms with Gasteiger partial charge in [-0.3, -0.25) is 9.59 Å². The summed E-state index contributed by atoms with van der Waals surface area (Å²) in [6.45, 7) is 2.68. The molecule has 0 spiro atoms. The van der Waals surface area contributed by atoms with Crippen LogP contribution >= 0.6 is 0 Å². The minimum Gasteiger partial charge on any atom is -0.324 e. The molecular formula is C16H13F3N2O2. The molecule has 0 radical (unpaired) electrons. The molecule has 0 fully saturated rings. The van der Waals surface area contributed by atoms with Gasteiger partial charge in [-0.1, -0.05) is 0 Å². The highest BCUT2D eigenvalue weighted by Gasteiger charge is 2.15. The molecule has 2 amide bonds. The van der Waals surface area contributed by atoms with E-state index in [4.69, 9.17) is 0 Å². The topological polar surface area (TPSA) is 58.2 Å². The number of hydrogen-bond donors (Lipinski definition) is 2. The van der Waals surface area contributed by atoms with Crippen LogP contribution in [0.4, 0.5) is 24.5 Å². The predicted octanol–water partition coefficient (Wildman–Crippen LogP) is 3.62. The Morgan fingerprint density at radius 1 is 0.870 bits per heavy atom. The number of nitrogens with one attached hydrogen (secondary N) is 2. The van der Waals surface area contributed by atoms with Gasteiger partial charge in [-0.2, -0.15) is 0 Å². The molecule has 2 N–H and O–H groups in total. The van der Waals surface area contributed by atoms with Crippen molar-refractivity contribution in [3.8, 4) is 0 Å². The number of aryl methyl sites for hydroxylation is 1. The van der Waals surface area contributed by atoms with Crippen molar-refractivity contribution in [2.75, 3.05) is 10.6 Å². The molecule has 0 aromatic heterocycles. The Morgan fingerprint density at radius 2 is 1.43 bits per heavy atom. The fourth-order valence-electron chi connectivity index (χ4n) is 1.92. The Labute approximate surface area is 130 Å². The molecule has 23 heavy (non-hydrogen) atoms. The summed E-state index contributed by atoms with van der Waals surface area (Å²) in [5.74, 6) is -3.96. The second-order valence-corrected chi connectivity index (χ2v) is 4.91. The van der Waals surface area contributed by atoms with E-state index < -0.39 is 29.3 Å². The van der Waals surface area contributed by atoms with Gasteiger partial charge in [0.2, 0.25) is 5.91 Å². The number of carbonyl (C=O) groups is 2. The fraction of sp³-hybridized carbons (Fsp3) is 0.125. The average Bonchev–Trinajstić information content (AvgIpc) is 2.46. The van der Waals surface area contributed by atoms with Crippen molar-refractivity contribution in [3.05, 3.63) is 58.9 Å². The van der Waals surface area contributed by atoms with Crippen molar-refractivity contribution in [2.45, 2.75) is 13.8 Å². The lowest BCUT2D eigenvalue weighted by molar-refractivity contribution is -0.114. The first-order valence-electron chi connectivity index (χ1n) is 6.62. The highest BCUT2D eigenvalue weighted by atomic mass is 19.2. The van der Waals surface area contributed by atoms with Gasteiger partial charge < -0.3 is 10.6 Å². The molecule has 0 bridgehead atoms. The van der Waals surface area contributed by atoms with Crippen LogP contribution in [-0.4, -0.2) is 11.8 Å². The summed E-state index contributed by atoms with van der Waals surface area (Å²) >= 11 is 0. The van der Waals surface area contributed by atoms with Gasteiger partial charge in [-0.05, 0) is 30.7 Å². The van der Waals surface area contributed by atoms with Crippen LogP contribution in [0, 0.1) is 24.4 Å². The summed E-state index contributed by atoms with van der Waals surface area (Å²) in [5, 5.41) is 4.66. The molecule has 0 heterocycles. The van der Waals surface area contributed by atoms with E-state index in [1.807, 2.05) is 0 Å². The van der Waals surface area contributed by atoms with E-state index >= 15 is 0 Å². The monoisotopic (exact) mass is 322 g/mol. The van der Waals surface area contributed by atoms with Gasteiger partial charge in [0.1, 0.15) is 5.82 Å². The SMILES string of the molecule is CC(=O)Nc1cc(F)c(F)cc1NC(=O)c1ccc(F)c(C)c1. The summed E-state index contributed by atoms with van der Waals surface area (Å²) in [4.78, 5) is 23.3. The Bertz CT molecular complexity index is 791. The molecule has 0 saturated heterocycles. The van der Waals surface area contributed by atoms with Crippen molar-refractivity contribution in [3.63, 3.8) is 0 Å². The van der Waals surface area contributed by atoms with E-state index in [0.29, 0.717) is 0 Å². The van der Waals surface area contributed by atoms with Crippen LogP contribution in [0.5, 0.6) is 0 Å². The summed E-state index contributed by atoms with van der Waals surface area (Å²) in [6.07, 6.45) is 0. The molecule has 0 aliphatic carbocycles. The molecule has 0 aliphatic heterocycles. The predicted molar refractivity (Wildman–Crippen MR) is 79.8 cm³/mol. The number of hydrogen-bond acceptors (Lipinski definition) is 2. The van der Waals surface area contributed by atoms with E-state index in [2.05, 4.69) is 10.6 Å². The highest BCUT2D eigenvalue weighted by Crippen LogP contribution is 2.26. The molecule has 2 aromatic carbocycles. The van der Waals surface area contributed by atoms with Crippen LogP contribution in [0.25, 0.3) is 0 Å². The van der Waals surface area contributed by atoms with E-state index in [9.17, 15) is 22.8 Å². The van der Waals surface area contributed by atoms with E-state index in [-0.39, 0.29) is 22.5 Å². The number of benzene rings is 2. The second-order valence-electron chi connectivity index (χ2n) is 4.91. The standard InChI is InChI=1S/C16H13F3N2O2/c1-8-5-10(3-4-11(8)17)16(23)21-15-7-13(19)12(18)6-14(15)20-9(2)22/h3-7H,1-2H3,(H,20,22)(H,21,23). The van der Waals surface area contributed by atoms with E-state index in [1.54, 1.807) is 0 Å². The first-order valence-corrected chi connectivity index (χ1v) is 6.62. The number of anilines is 2. The first kappa shape index (κ1) is 16.5. The molecule has 120 valence electrons. The largest absolute Gasteiger partial charge is 0.324 e. The van der Waals surface area contributed by atoms with Crippen LogP contribution in [-0.2, 0) is 4.79 Å². The minimum absolute atomic E-state index is 0.0800. The Kier molecular flexibility index (Phi) is 4.68. The number of carbonyl (C=O) groups excluding carboxylic acids is 2. The van der Waals surface area contributed by atoms with E-state index in [1.165, 1.54) is 26.0 Å². The molecule has 2 rings (SSSR count). The second kappa shape index (κ2) is 6.51. The molecule has 2 aromatic rings. The summed E-state index contributed by atoms with van der Waals surface area (Å²) in [6, 6.07) is 5.24. The molecular weight excluding hydrogens is 309 g/mol. The minimum atomic E-state index is -1.18. The fourth-order valence-corrected chi connectivity index (χ4v) is 1.92. The maximum atomic E-state index is 13.4. The Morgan fingerprint density at radius 3 is 1.96 bits per heavy atom. The first-order chi connectivity index (χ1) is 10.8. The van der Waals surface area contributed by atoms with Crippen LogP contribution < -0.4 is 10.6 Å². The molecule has 7 heteroatoms. The lowest BCUT2D eigenvalue weighted by Gasteiger charge is -2.12. The van der Waals surface area contributed by atoms with Crippen LogP contribution in [0.15, 0.2) is 30.3 Å². The van der Waals surface area contributed by atoms with Gasteiger partial charge in [0.25, 0.3) is 5.91 Å². The van der Waals surface area contributed by atoms with Crippen molar-refractivity contribution >= 4 is 23.2 Å². The van der Waals surface area contributed by atoms with Crippen LogP contribution in [0.2, 0.25) is 0 Å². The number of amides is 2. The van der Waals surface area contributed by atoms with Gasteiger partial charge in [-0.25, -0.2) is 13.2 Å². The third-order valence-electron chi connectivity index (χ3n) is 3.04. The van der Waals surface area contributed by atoms with Crippen molar-refractivity contribution in [1.82, 2.24) is 0 Å². The Balaban J connectivity index is 2.34. The zero-order chi connectivity index (χ0) is 17.1. The highest BCUT2D eigenvalue weighted by molar-refractivity contribution is 6.07. The van der Waals surface area contributed by atoms with Gasteiger partial charge in [-0.15, -0.1) is 0 Å².